The zero-order valence-corrected chi connectivity index (χ0v) is 19.8. The molecular formula is C23H25N5O5S. The lowest BCUT2D eigenvalue weighted by molar-refractivity contribution is -0.149. The second-order valence-electron chi connectivity index (χ2n) is 8.14. The maximum atomic E-state index is 13.3. The van der Waals surface area contributed by atoms with Gasteiger partial charge in [-0.1, -0.05) is 13.0 Å². The van der Waals surface area contributed by atoms with Gasteiger partial charge in [0.25, 0.3) is 5.91 Å². The van der Waals surface area contributed by atoms with Crippen LogP contribution in [-0.4, -0.2) is 59.5 Å². The number of nitrogens with zero attached hydrogens (tertiary/aromatic N) is 3. The molecule has 34 heavy (non-hydrogen) atoms. The highest BCUT2D eigenvalue weighted by atomic mass is 32.1. The van der Waals surface area contributed by atoms with Crippen molar-refractivity contribution in [2.45, 2.75) is 25.5 Å². The van der Waals surface area contributed by atoms with Gasteiger partial charge < -0.3 is 25.4 Å². The second-order valence-corrected chi connectivity index (χ2v) is 9.03. The summed E-state index contributed by atoms with van der Waals surface area (Å²) in [5.41, 5.74) is 9.02. The SMILES string of the molecule is COc1ncc(NC(=O)C(=O)N2C[C@H](C)[C@H](OC)C[C@H]2c2ccc3scnc3c2)cc1C(N)=O. The van der Waals surface area contributed by atoms with Crippen molar-refractivity contribution in [3.05, 3.63) is 47.1 Å². The molecule has 1 aromatic carbocycles. The van der Waals surface area contributed by atoms with Crippen LogP contribution in [0.25, 0.3) is 10.2 Å². The molecule has 0 bridgehead atoms. The Labute approximate surface area is 200 Å². The molecule has 1 saturated heterocycles. The fraction of sp³-hybridized carbons (Fsp3) is 0.348. The minimum absolute atomic E-state index is 0.00304. The zero-order chi connectivity index (χ0) is 24.4. The van der Waals surface area contributed by atoms with E-state index < -0.39 is 17.7 Å². The number of primary amides is 1. The van der Waals surface area contributed by atoms with Gasteiger partial charge in [-0.2, -0.15) is 0 Å². The van der Waals surface area contributed by atoms with Crippen molar-refractivity contribution in [1.29, 1.82) is 0 Å². The summed E-state index contributed by atoms with van der Waals surface area (Å²) in [7, 11) is 3.00. The van der Waals surface area contributed by atoms with Gasteiger partial charge in [-0.3, -0.25) is 14.4 Å². The van der Waals surface area contributed by atoms with Gasteiger partial charge >= 0.3 is 11.8 Å². The molecule has 3 atom stereocenters. The van der Waals surface area contributed by atoms with Crippen molar-refractivity contribution in [3.8, 4) is 5.88 Å². The zero-order valence-electron chi connectivity index (χ0n) is 19.0. The number of hydrogen-bond donors (Lipinski definition) is 2. The number of fused-ring (bicyclic) bond motifs is 1. The fourth-order valence-electron chi connectivity index (χ4n) is 4.26. The van der Waals surface area contributed by atoms with E-state index in [0.717, 1.165) is 15.8 Å². The van der Waals surface area contributed by atoms with E-state index in [4.69, 9.17) is 15.2 Å². The molecule has 0 saturated carbocycles. The third kappa shape index (κ3) is 4.57. The highest BCUT2D eigenvalue weighted by molar-refractivity contribution is 7.16. The maximum Gasteiger partial charge on any atom is 0.313 e. The van der Waals surface area contributed by atoms with Gasteiger partial charge in [-0.05, 0) is 30.2 Å². The monoisotopic (exact) mass is 483 g/mol. The molecule has 2 aromatic heterocycles. The van der Waals surface area contributed by atoms with Crippen LogP contribution < -0.4 is 15.8 Å². The Bertz CT molecular complexity index is 1250. The Morgan fingerprint density at radius 1 is 1.21 bits per heavy atom. The normalized spacial score (nSPS) is 20.2. The van der Waals surface area contributed by atoms with E-state index in [0.29, 0.717) is 13.0 Å². The Hall–Kier alpha value is -3.57. The molecule has 178 valence electrons. The van der Waals surface area contributed by atoms with E-state index in [-0.39, 0.29) is 35.2 Å². The largest absolute Gasteiger partial charge is 0.480 e. The summed E-state index contributed by atoms with van der Waals surface area (Å²) in [4.78, 5) is 47.8. The number of carbonyl (C=O) groups excluding carboxylic acids is 3. The topological polar surface area (TPSA) is 137 Å². The first-order chi connectivity index (χ1) is 16.3. The van der Waals surface area contributed by atoms with Gasteiger partial charge in [0.1, 0.15) is 5.56 Å². The molecule has 3 amide bonds. The number of nitrogens with two attached hydrogens (primary N) is 1. The van der Waals surface area contributed by atoms with Gasteiger partial charge in [0.05, 0.1) is 46.9 Å². The summed E-state index contributed by atoms with van der Waals surface area (Å²) in [6.07, 6.45) is 1.78. The second kappa shape index (κ2) is 9.74. The van der Waals surface area contributed by atoms with Crippen molar-refractivity contribution in [2.24, 2.45) is 11.7 Å². The summed E-state index contributed by atoms with van der Waals surface area (Å²) < 4.78 is 11.7. The van der Waals surface area contributed by atoms with E-state index in [1.165, 1.54) is 30.7 Å². The molecule has 10 nitrogen and oxygen atoms in total. The number of likely N-dealkylation sites (tertiary alicyclic amines) is 1. The number of piperidine rings is 1. The molecule has 3 N–H and O–H groups in total. The molecule has 1 aliphatic heterocycles. The fourth-order valence-corrected chi connectivity index (χ4v) is 4.92. The quantitative estimate of drug-likeness (QED) is 0.532. The van der Waals surface area contributed by atoms with Crippen LogP contribution in [0.2, 0.25) is 0 Å². The van der Waals surface area contributed by atoms with Gasteiger partial charge in [-0.15, -0.1) is 11.3 Å². The molecule has 0 aliphatic carbocycles. The number of rotatable bonds is 5. The molecule has 11 heteroatoms. The summed E-state index contributed by atoms with van der Waals surface area (Å²) in [5.74, 6) is -2.24. The van der Waals surface area contributed by atoms with Crippen molar-refractivity contribution >= 4 is 45.0 Å². The average molecular weight is 484 g/mol. The van der Waals surface area contributed by atoms with Crippen LogP contribution in [0.3, 0.4) is 0 Å². The van der Waals surface area contributed by atoms with Crippen LogP contribution >= 0.6 is 11.3 Å². The van der Waals surface area contributed by atoms with E-state index in [1.807, 2.05) is 25.1 Å². The number of benzene rings is 1. The minimum Gasteiger partial charge on any atom is -0.480 e. The van der Waals surface area contributed by atoms with E-state index >= 15 is 0 Å². The molecule has 1 aliphatic rings. The lowest BCUT2D eigenvalue weighted by Crippen LogP contribution is -2.50. The van der Waals surface area contributed by atoms with Crippen LogP contribution in [0.5, 0.6) is 5.88 Å². The Morgan fingerprint density at radius 3 is 2.71 bits per heavy atom. The van der Waals surface area contributed by atoms with Crippen molar-refractivity contribution in [3.63, 3.8) is 0 Å². The van der Waals surface area contributed by atoms with Gasteiger partial charge in [0.15, 0.2) is 0 Å². The number of amides is 3. The smallest absolute Gasteiger partial charge is 0.313 e. The number of nitrogens with one attached hydrogen (secondary N) is 1. The standard InChI is InChI=1S/C23H25N5O5S/c1-12-10-28(17(8-18(12)32-2)13-4-5-19-16(6-13)26-11-34-19)23(31)21(30)27-14-7-15(20(24)29)22(33-3)25-9-14/h4-7,9,11-12,17-18H,8,10H2,1-3H3,(H2,24,29)(H,27,30)/t12-,17-,18+/m0/s1. The highest BCUT2D eigenvalue weighted by Crippen LogP contribution is 2.36. The van der Waals surface area contributed by atoms with Crippen molar-refractivity contribution < 1.29 is 23.9 Å². The van der Waals surface area contributed by atoms with E-state index in [1.54, 1.807) is 17.5 Å². The Morgan fingerprint density at radius 2 is 2.00 bits per heavy atom. The third-order valence-corrected chi connectivity index (χ3v) is 6.83. The number of anilines is 1. The minimum atomic E-state index is -0.842. The predicted octanol–water partition coefficient (Wildman–Crippen LogP) is 2.36. The molecule has 0 unspecified atom stereocenters. The number of thiazole rings is 1. The molecule has 0 spiro atoms. The lowest BCUT2D eigenvalue weighted by Gasteiger charge is -2.42. The van der Waals surface area contributed by atoms with Crippen molar-refractivity contribution in [1.82, 2.24) is 14.9 Å². The van der Waals surface area contributed by atoms with Crippen LogP contribution in [-0.2, 0) is 14.3 Å². The molecule has 3 aromatic rings. The predicted molar refractivity (Wildman–Crippen MR) is 127 cm³/mol. The maximum absolute atomic E-state index is 13.3. The summed E-state index contributed by atoms with van der Waals surface area (Å²) in [6, 6.07) is 6.84. The third-order valence-electron chi connectivity index (χ3n) is 6.02. The Balaban J connectivity index is 1.60. The molecule has 4 rings (SSSR count). The molecule has 1 fully saturated rings. The number of methoxy groups -OCH3 is 2. The van der Waals surface area contributed by atoms with Crippen molar-refractivity contribution in [2.75, 3.05) is 26.1 Å². The number of ether oxygens (including phenoxy) is 2. The molecular weight excluding hydrogens is 458 g/mol. The molecule has 0 radical (unpaired) electrons. The Kier molecular flexibility index (Phi) is 6.75. The number of hydrogen-bond acceptors (Lipinski definition) is 8. The van der Waals surface area contributed by atoms with Crippen LogP contribution in [0.15, 0.2) is 36.0 Å². The number of pyridine rings is 1. The first-order valence-electron chi connectivity index (χ1n) is 10.6. The van der Waals surface area contributed by atoms with E-state index in [2.05, 4.69) is 15.3 Å². The first kappa shape index (κ1) is 23.6. The van der Waals surface area contributed by atoms with Crippen LogP contribution in [0.4, 0.5) is 5.69 Å². The lowest BCUT2D eigenvalue weighted by atomic mass is 9.87. The number of aromatic nitrogens is 2. The summed E-state index contributed by atoms with van der Waals surface area (Å²) >= 11 is 1.54. The summed E-state index contributed by atoms with van der Waals surface area (Å²) in [5, 5.41) is 2.53. The summed E-state index contributed by atoms with van der Waals surface area (Å²) in [6.45, 7) is 2.33. The number of carbonyl (C=O) groups is 3. The van der Waals surface area contributed by atoms with E-state index in [9.17, 15) is 14.4 Å². The van der Waals surface area contributed by atoms with Gasteiger partial charge in [0, 0.05) is 19.6 Å². The van der Waals surface area contributed by atoms with Crippen LogP contribution in [0.1, 0.15) is 35.3 Å². The first-order valence-corrected chi connectivity index (χ1v) is 11.5. The molecule has 3 heterocycles. The average Bonchev–Trinajstić information content (AvgIpc) is 3.31. The van der Waals surface area contributed by atoms with Gasteiger partial charge in [0.2, 0.25) is 5.88 Å². The van der Waals surface area contributed by atoms with Gasteiger partial charge in [-0.25, -0.2) is 9.97 Å². The van der Waals surface area contributed by atoms with Crippen LogP contribution in [0, 0.1) is 5.92 Å². The highest BCUT2D eigenvalue weighted by Gasteiger charge is 2.39.